The molecule has 7 nitrogen and oxygen atoms in total. The van der Waals surface area contributed by atoms with Crippen molar-refractivity contribution in [1.82, 2.24) is 10.6 Å². The molecule has 1 aromatic rings. The Balaban J connectivity index is 2.62. The van der Waals surface area contributed by atoms with E-state index in [2.05, 4.69) is 45.3 Å². The molecule has 0 saturated heterocycles. The molecule has 7 heteroatoms. The number of amides is 1. The highest BCUT2D eigenvalue weighted by Crippen LogP contribution is 2.21. The number of aliphatic hydroxyl groups excluding tert-OH is 1. The maximum Gasteiger partial charge on any atom is 0.255 e. The molecule has 0 bridgehead atoms. The van der Waals surface area contributed by atoms with Crippen LogP contribution in [-0.2, 0) is 4.74 Å². The molecular formula is C26H47N3O4. The van der Waals surface area contributed by atoms with Crippen molar-refractivity contribution in [2.45, 2.75) is 78.0 Å². The van der Waals surface area contributed by atoms with E-state index in [1.807, 2.05) is 18.2 Å². The van der Waals surface area contributed by atoms with E-state index in [9.17, 15) is 9.90 Å². The number of aliphatic hydroxyl groups is 1. The smallest absolute Gasteiger partial charge is 0.255 e. The summed E-state index contributed by atoms with van der Waals surface area (Å²) in [5.74, 6) is 0.898. The molecule has 0 aliphatic heterocycles. The number of nitrogens with two attached hydrogens (primary N) is 1. The van der Waals surface area contributed by atoms with Crippen LogP contribution in [-0.4, -0.2) is 62.1 Å². The average Bonchev–Trinajstić information content (AvgIpc) is 2.79. The molecule has 0 aliphatic carbocycles. The Bertz CT molecular complexity index is 681. The molecule has 5 N–H and O–H groups in total. The standard InChI is InChI=1S/C26H47N3O4/c1-7-26(4,5)29-18-23(30)22(27)16-20(19(2)3)17-28-25(31)21-12-8-9-13-24(21)33-15-11-10-14-32-6/h8-9,12-13,19-20,22-23,29-30H,7,10-11,14-18,27H2,1-6H3,(H,28,31). The molecule has 33 heavy (non-hydrogen) atoms. The highest BCUT2D eigenvalue weighted by molar-refractivity contribution is 5.96. The second-order valence-corrected chi connectivity index (χ2v) is 9.84. The second-order valence-electron chi connectivity index (χ2n) is 9.84. The van der Waals surface area contributed by atoms with E-state index in [0.29, 0.717) is 50.0 Å². The molecule has 0 radical (unpaired) electrons. The van der Waals surface area contributed by atoms with Crippen LogP contribution in [0.3, 0.4) is 0 Å². The summed E-state index contributed by atoms with van der Waals surface area (Å²) < 4.78 is 10.9. The van der Waals surface area contributed by atoms with Crippen molar-refractivity contribution in [1.29, 1.82) is 0 Å². The monoisotopic (exact) mass is 465 g/mol. The Morgan fingerprint density at radius 1 is 1.15 bits per heavy atom. The number of ether oxygens (including phenoxy) is 2. The van der Waals surface area contributed by atoms with Crippen LogP contribution >= 0.6 is 0 Å². The Labute approximate surface area is 200 Å². The van der Waals surface area contributed by atoms with Crippen molar-refractivity contribution in [2.75, 3.05) is 33.4 Å². The first-order valence-corrected chi connectivity index (χ1v) is 12.3. The lowest BCUT2D eigenvalue weighted by molar-refractivity contribution is 0.0923. The predicted molar refractivity (Wildman–Crippen MR) is 135 cm³/mol. The van der Waals surface area contributed by atoms with E-state index >= 15 is 0 Å². The summed E-state index contributed by atoms with van der Waals surface area (Å²) in [6.07, 6.45) is 2.74. The van der Waals surface area contributed by atoms with Crippen LogP contribution < -0.4 is 21.1 Å². The largest absolute Gasteiger partial charge is 0.493 e. The number of hydrogen-bond donors (Lipinski definition) is 4. The zero-order valence-electron chi connectivity index (χ0n) is 21.5. The van der Waals surface area contributed by atoms with E-state index < -0.39 is 6.10 Å². The van der Waals surface area contributed by atoms with Gasteiger partial charge in [0.25, 0.3) is 5.91 Å². The fourth-order valence-corrected chi connectivity index (χ4v) is 3.38. The van der Waals surface area contributed by atoms with Gasteiger partial charge in [-0.05, 0) is 63.5 Å². The summed E-state index contributed by atoms with van der Waals surface area (Å²) >= 11 is 0. The normalized spacial score (nSPS) is 14.7. The topological polar surface area (TPSA) is 106 Å². The molecule has 1 aromatic carbocycles. The van der Waals surface area contributed by atoms with Gasteiger partial charge >= 0.3 is 0 Å². The SMILES string of the molecule is CCC(C)(C)NCC(O)C(N)CC(CNC(=O)c1ccccc1OCCCCOC)C(C)C. The van der Waals surface area contributed by atoms with Gasteiger partial charge < -0.3 is 30.9 Å². The van der Waals surface area contributed by atoms with Crippen molar-refractivity contribution in [3.8, 4) is 5.75 Å². The molecule has 0 aliphatic rings. The summed E-state index contributed by atoms with van der Waals surface area (Å²) in [7, 11) is 1.68. The van der Waals surface area contributed by atoms with E-state index in [-0.39, 0.29) is 23.4 Å². The van der Waals surface area contributed by atoms with Gasteiger partial charge in [-0.3, -0.25) is 4.79 Å². The summed E-state index contributed by atoms with van der Waals surface area (Å²) in [6, 6.07) is 6.94. The van der Waals surface area contributed by atoms with E-state index in [0.717, 1.165) is 19.3 Å². The van der Waals surface area contributed by atoms with Crippen LogP contribution in [0.1, 0.15) is 70.7 Å². The number of benzene rings is 1. The van der Waals surface area contributed by atoms with Crippen molar-refractivity contribution in [2.24, 2.45) is 17.6 Å². The first kappa shape index (κ1) is 29.4. The highest BCUT2D eigenvalue weighted by atomic mass is 16.5. The summed E-state index contributed by atoms with van der Waals surface area (Å²) in [5, 5.41) is 17.0. The average molecular weight is 466 g/mol. The van der Waals surface area contributed by atoms with Gasteiger partial charge in [-0.1, -0.05) is 32.9 Å². The molecular weight excluding hydrogens is 418 g/mol. The van der Waals surface area contributed by atoms with Crippen LogP contribution in [0.5, 0.6) is 5.75 Å². The summed E-state index contributed by atoms with van der Waals surface area (Å²) in [4.78, 5) is 12.9. The third-order valence-electron chi connectivity index (χ3n) is 6.34. The van der Waals surface area contributed by atoms with Crippen LogP contribution in [0.15, 0.2) is 24.3 Å². The molecule has 0 fully saturated rings. The number of hydrogen-bond acceptors (Lipinski definition) is 6. The zero-order valence-corrected chi connectivity index (χ0v) is 21.5. The molecule has 1 rings (SSSR count). The first-order chi connectivity index (χ1) is 15.6. The van der Waals surface area contributed by atoms with E-state index in [1.54, 1.807) is 13.2 Å². The van der Waals surface area contributed by atoms with E-state index in [1.165, 1.54) is 0 Å². The number of carbonyl (C=O) groups is 1. The number of unbranched alkanes of at least 4 members (excludes halogenated alkanes) is 1. The molecule has 1 amide bonds. The van der Waals surface area contributed by atoms with Crippen LogP contribution in [0, 0.1) is 11.8 Å². The molecule has 0 saturated carbocycles. The lowest BCUT2D eigenvalue weighted by Gasteiger charge is -2.30. The number of para-hydroxylation sites is 1. The number of methoxy groups -OCH3 is 1. The Morgan fingerprint density at radius 3 is 2.45 bits per heavy atom. The van der Waals surface area contributed by atoms with Gasteiger partial charge in [0.2, 0.25) is 0 Å². The molecule has 190 valence electrons. The van der Waals surface area contributed by atoms with Gasteiger partial charge in [-0.2, -0.15) is 0 Å². The van der Waals surface area contributed by atoms with Crippen molar-refractivity contribution >= 4 is 5.91 Å². The Morgan fingerprint density at radius 2 is 1.82 bits per heavy atom. The fraction of sp³-hybridized carbons (Fsp3) is 0.731. The predicted octanol–water partition coefficient (Wildman–Crippen LogP) is 3.35. The molecule has 3 atom stereocenters. The molecule has 3 unspecified atom stereocenters. The molecule has 0 aromatic heterocycles. The summed E-state index contributed by atoms with van der Waals surface area (Å²) in [5.41, 5.74) is 6.82. The Kier molecular flexibility index (Phi) is 13.6. The van der Waals surface area contributed by atoms with Gasteiger partial charge in [0.05, 0.1) is 18.3 Å². The minimum atomic E-state index is -0.639. The van der Waals surface area contributed by atoms with Gasteiger partial charge in [0.1, 0.15) is 5.75 Å². The van der Waals surface area contributed by atoms with E-state index in [4.69, 9.17) is 15.2 Å². The number of β-amino-alcohol motifs (C(OH)–C–C–N with tert-alkyl or cyclic N) is 1. The fourth-order valence-electron chi connectivity index (χ4n) is 3.38. The summed E-state index contributed by atoms with van der Waals surface area (Å²) in [6.45, 7) is 12.8. The highest BCUT2D eigenvalue weighted by Gasteiger charge is 2.25. The quantitative estimate of drug-likeness (QED) is 0.263. The van der Waals surface area contributed by atoms with Gasteiger partial charge in [0, 0.05) is 38.4 Å². The van der Waals surface area contributed by atoms with Gasteiger partial charge in [-0.25, -0.2) is 0 Å². The minimum absolute atomic E-state index is 0.0363. The van der Waals surface area contributed by atoms with Crippen LogP contribution in [0.2, 0.25) is 0 Å². The van der Waals surface area contributed by atoms with Gasteiger partial charge in [-0.15, -0.1) is 0 Å². The zero-order chi connectivity index (χ0) is 24.9. The third-order valence-corrected chi connectivity index (χ3v) is 6.34. The van der Waals surface area contributed by atoms with Crippen LogP contribution in [0.25, 0.3) is 0 Å². The Hall–Kier alpha value is -1.67. The van der Waals surface area contributed by atoms with Crippen molar-refractivity contribution in [3.05, 3.63) is 29.8 Å². The third kappa shape index (κ3) is 11.3. The van der Waals surface area contributed by atoms with Gasteiger partial charge in [0.15, 0.2) is 0 Å². The maximum atomic E-state index is 12.9. The number of nitrogens with one attached hydrogen (secondary N) is 2. The number of carbonyl (C=O) groups excluding carboxylic acids is 1. The van der Waals surface area contributed by atoms with Crippen molar-refractivity contribution < 1.29 is 19.4 Å². The first-order valence-electron chi connectivity index (χ1n) is 12.3. The minimum Gasteiger partial charge on any atom is -0.493 e. The van der Waals surface area contributed by atoms with Crippen LogP contribution in [0.4, 0.5) is 0 Å². The number of rotatable bonds is 17. The van der Waals surface area contributed by atoms with Crippen molar-refractivity contribution in [3.63, 3.8) is 0 Å². The lowest BCUT2D eigenvalue weighted by Crippen LogP contribution is -2.49. The maximum absolute atomic E-state index is 12.9. The lowest BCUT2D eigenvalue weighted by atomic mass is 9.87. The molecule has 0 heterocycles. The molecule has 0 spiro atoms. The second kappa shape index (κ2) is 15.3.